The van der Waals surface area contributed by atoms with Crippen LogP contribution in [0, 0.1) is 23.2 Å². The van der Waals surface area contributed by atoms with E-state index in [-0.39, 0.29) is 11.8 Å². The van der Waals surface area contributed by atoms with E-state index in [2.05, 4.69) is 17.2 Å². The van der Waals surface area contributed by atoms with Crippen molar-refractivity contribution in [3.8, 4) is 11.8 Å². The molecule has 1 amide bonds. The van der Waals surface area contributed by atoms with E-state index in [9.17, 15) is 9.90 Å². The van der Waals surface area contributed by atoms with Crippen LogP contribution in [0.5, 0.6) is 0 Å². The zero-order valence-corrected chi connectivity index (χ0v) is 13.9. The SMILES string of the molecule is CC1CC1(C(=O)Nc1ccccc1)C(C)(O)C#Cc1ccccc1. The Hall–Kier alpha value is -2.57. The van der Waals surface area contributed by atoms with E-state index in [0.29, 0.717) is 6.42 Å². The molecule has 0 radical (unpaired) electrons. The molecule has 0 spiro atoms. The zero-order chi connectivity index (χ0) is 17.2. The van der Waals surface area contributed by atoms with E-state index in [4.69, 9.17) is 0 Å². The lowest BCUT2D eigenvalue weighted by Crippen LogP contribution is -2.44. The second kappa shape index (κ2) is 6.14. The van der Waals surface area contributed by atoms with Gasteiger partial charge >= 0.3 is 0 Å². The molecule has 1 aliphatic carbocycles. The summed E-state index contributed by atoms with van der Waals surface area (Å²) in [4.78, 5) is 12.8. The lowest BCUT2D eigenvalue weighted by molar-refractivity contribution is -0.128. The molecule has 0 heterocycles. The van der Waals surface area contributed by atoms with Gasteiger partial charge in [0.25, 0.3) is 0 Å². The summed E-state index contributed by atoms with van der Waals surface area (Å²) in [5.74, 6) is 5.82. The van der Waals surface area contributed by atoms with Crippen LogP contribution in [0.25, 0.3) is 0 Å². The second-order valence-electron chi connectivity index (χ2n) is 6.58. The van der Waals surface area contributed by atoms with E-state index in [0.717, 1.165) is 11.3 Å². The Morgan fingerprint density at radius 3 is 2.25 bits per heavy atom. The summed E-state index contributed by atoms with van der Waals surface area (Å²) in [6.07, 6.45) is 0.627. The van der Waals surface area contributed by atoms with Gasteiger partial charge in [-0.2, -0.15) is 0 Å². The summed E-state index contributed by atoms with van der Waals surface area (Å²) in [5, 5.41) is 13.9. The Kier molecular flexibility index (Phi) is 4.17. The highest BCUT2D eigenvalue weighted by atomic mass is 16.3. The number of aliphatic hydroxyl groups is 1. The highest BCUT2D eigenvalue weighted by molar-refractivity contribution is 5.99. The third kappa shape index (κ3) is 2.93. The minimum Gasteiger partial charge on any atom is -0.377 e. The van der Waals surface area contributed by atoms with Gasteiger partial charge in [-0.05, 0) is 43.5 Å². The number of hydrogen-bond acceptors (Lipinski definition) is 2. The molecule has 3 nitrogen and oxygen atoms in total. The van der Waals surface area contributed by atoms with Crippen molar-refractivity contribution in [2.75, 3.05) is 5.32 Å². The number of nitrogens with one attached hydrogen (secondary N) is 1. The van der Waals surface area contributed by atoms with Crippen LogP contribution >= 0.6 is 0 Å². The van der Waals surface area contributed by atoms with Crippen molar-refractivity contribution in [1.82, 2.24) is 0 Å². The highest BCUT2D eigenvalue weighted by Gasteiger charge is 2.67. The van der Waals surface area contributed by atoms with Gasteiger partial charge in [0.2, 0.25) is 5.91 Å². The lowest BCUT2D eigenvalue weighted by Gasteiger charge is -2.28. The topological polar surface area (TPSA) is 49.3 Å². The standard InChI is InChI=1S/C21H21NO2/c1-16-15-21(16,19(23)22-18-11-7-4-8-12-18)20(2,24)14-13-17-9-5-3-6-10-17/h3-12,16,24H,15H2,1-2H3,(H,22,23). The third-order valence-corrected chi connectivity index (χ3v) is 4.84. The van der Waals surface area contributed by atoms with Gasteiger partial charge in [0.1, 0.15) is 5.60 Å². The molecule has 0 saturated heterocycles. The molecule has 3 atom stereocenters. The molecule has 2 N–H and O–H groups in total. The van der Waals surface area contributed by atoms with Gasteiger partial charge in [0, 0.05) is 11.3 Å². The molecule has 3 unspecified atom stereocenters. The van der Waals surface area contributed by atoms with Crippen LogP contribution < -0.4 is 5.32 Å². The third-order valence-electron chi connectivity index (χ3n) is 4.84. The van der Waals surface area contributed by atoms with Gasteiger partial charge in [-0.3, -0.25) is 4.79 Å². The number of carbonyl (C=O) groups is 1. The van der Waals surface area contributed by atoms with Crippen LogP contribution in [0.1, 0.15) is 25.8 Å². The highest BCUT2D eigenvalue weighted by Crippen LogP contribution is 2.59. The van der Waals surface area contributed by atoms with Crippen molar-refractivity contribution in [3.05, 3.63) is 66.2 Å². The summed E-state index contributed by atoms with van der Waals surface area (Å²) in [5.41, 5.74) is -0.705. The maximum absolute atomic E-state index is 12.8. The predicted octanol–water partition coefficient (Wildman–Crippen LogP) is 3.45. The molecule has 1 saturated carbocycles. The van der Waals surface area contributed by atoms with Crippen LogP contribution in [0.2, 0.25) is 0 Å². The summed E-state index contributed by atoms with van der Waals surface area (Å²) >= 11 is 0. The maximum Gasteiger partial charge on any atom is 0.234 e. The quantitative estimate of drug-likeness (QED) is 0.851. The van der Waals surface area contributed by atoms with Crippen molar-refractivity contribution in [2.24, 2.45) is 11.3 Å². The van der Waals surface area contributed by atoms with E-state index >= 15 is 0 Å². The molecule has 0 bridgehead atoms. The zero-order valence-electron chi connectivity index (χ0n) is 13.9. The van der Waals surface area contributed by atoms with Crippen LogP contribution in [-0.4, -0.2) is 16.6 Å². The van der Waals surface area contributed by atoms with Gasteiger partial charge in [0.05, 0.1) is 5.41 Å². The molecule has 24 heavy (non-hydrogen) atoms. The first-order valence-corrected chi connectivity index (χ1v) is 8.13. The second-order valence-corrected chi connectivity index (χ2v) is 6.58. The molecule has 2 aromatic rings. The molecule has 0 aliphatic heterocycles. The van der Waals surface area contributed by atoms with Gasteiger partial charge in [-0.1, -0.05) is 55.2 Å². The summed E-state index contributed by atoms with van der Waals surface area (Å²) in [7, 11) is 0. The van der Waals surface area contributed by atoms with Crippen molar-refractivity contribution >= 4 is 11.6 Å². The Labute approximate surface area is 142 Å². The van der Waals surface area contributed by atoms with E-state index in [1.165, 1.54) is 0 Å². The van der Waals surface area contributed by atoms with Crippen LogP contribution in [0.3, 0.4) is 0 Å². The summed E-state index contributed by atoms with van der Waals surface area (Å²) in [6.45, 7) is 3.61. The maximum atomic E-state index is 12.8. The molecule has 1 aliphatic rings. The predicted molar refractivity (Wildman–Crippen MR) is 95.2 cm³/mol. The van der Waals surface area contributed by atoms with Crippen molar-refractivity contribution in [3.63, 3.8) is 0 Å². The molecule has 3 heteroatoms. The Morgan fingerprint density at radius 2 is 1.71 bits per heavy atom. The Balaban J connectivity index is 1.84. The number of benzene rings is 2. The number of carbonyl (C=O) groups excluding carboxylic acids is 1. The Bertz CT molecular complexity index is 787. The van der Waals surface area contributed by atoms with Crippen LogP contribution in [-0.2, 0) is 4.79 Å². The number of rotatable bonds is 3. The first-order valence-electron chi connectivity index (χ1n) is 8.13. The minimum absolute atomic E-state index is 0.0845. The van der Waals surface area contributed by atoms with Crippen molar-refractivity contribution < 1.29 is 9.90 Å². The van der Waals surface area contributed by atoms with E-state index in [1.54, 1.807) is 6.92 Å². The molecule has 2 aromatic carbocycles. The average molecular weight is 319 g/mol. The first kappa shape index (κ1) is 16.3. The van der Waals surface area contributed by atoms with Gasteiger partial charge in [0.15, 0.2) is 0 Å². The van der Waals surface area contributed by atoms with Crippen molar-refractivity contribution in [1.29, 1.82) is 0 Å². The van der Waals surface area contributed by atoms with Gasteiger partial charge in [-0.25, -0.2) is 0 Å². The van der Waals surface area contributed by atoms with Crippen LogP contribution in [0.4, 0.5) is 5.69 Å². The van der Waals surface area contributed by atoms with Gasteiger partial charge in [-0.15, -0.1) is 0 Å². The molecule has 0 aromatic heterocycles. The normalized spacial score (nSPS) is 24.2. The number of hydrogen-bond donors (Lipinski definition) is 2. The number of amides is 1. The Morgan fingerprint density at radius 1 is 1.17 bits per heavy atom. The lowest BCUT2D eigenvalue weighted by atomic mass is 9.83. The largest absolute Gasteiger partial charge is 0.377 e. The van der Waals surface area contributed by atoms with Crippen LogP contribution in [0.15, 0.2) is 60.7 Å². The minimum atomic E-state index is -1.39. The van der Waals surface area contributed by atoms with E-state index in [1.807, 2.05) is 67.6 Å². The van der Waals surface area contributed by atoms with E-state index < -0.39 is 11.0 Å². The average Bonchev–Trinajstić information content (AvgIpc) is 3.29. The fourth-order valence-corrected chi connectivity index (χ4v) is 3.23. The molecular formula is C21H21NO2. The summed E-state index contributed by atoms with van der Waals surface area (Å²) in [6, 6.07) is 18.8. The number of para-hydroxylation sites is 1. The molecule has 3 rings (SSSR count). The molecular weight excluding hydrogens is 298 g/mol. The van der Waals surface area contributed by atoms with Gasteiger partial charge < -0.3 is 10.4 Å². The molecule has 122 valence electrons. The fourth-order valence-electron chi connectivity index (χ4n) is 3.23. The fraction of sp³-hybridized carbons (Fsp3) is 0.286. The summed E-state index contributed by atoms with van der Waals surface area (Å²) < 4.78 is 0. The smallest absolute Gasteiger partial charge is 0.234 e. The first-order chi connectivity index (χ1) is 11.5. The van der Waals surface area contributed by atoms with Crippen molar-refractivity contribution in [2.45, 2.75) is 25.9 Å². The monoisotopic (exact) mass is 319 g/mol. The molecule has 1 fully saturated rings. The number of anilines is 1.